The van der Waals surface area contributed by atoms with Crippen LogP contribution in [0.15, 0.2) is 36.4 Å². The van der Waals surface area contributed by atoms with Crippen LogP contribution in [0.2, 0.25) is 0 Å². The molecule has 2 bridgehead atoms. The van der Waals surface area contributed by atoms with Crippen LogP contribution in [0.25, 0.3) is 33.2 Å². The van der Waals surface area contributed by atoms with Gasteiger partial charge in [-0.3, -0.25) is 9.59 Å². The van der Waals surface area contributed by atoms with E-state index in [2.05, 4.69) is 25.8 Å². The lowest BCUT2D eigenvalue weighted by atomic mass is 9.97. The Morgan fingerprint density at radius 1 is 0.633 bits per heavy atom. The van der Waals surface area contributed by atoms with Gasteiger partial charge >= 0.3 is 12.2 Å². The van der Waals surface area contributed by atoms with Gasteiger partial charge in [-0.15, -0.1) is 0 Å². The number of nitrogens with zero attached hydrogens (tertiary/aromatic N) is 4. The highest BCUT2D eigenvalue weighted by atomic mass is 19.1. The number of nitrogens with one attached hydrogen (secondary N) is 2. The highest BCUT2D eigenvalue weighted by Crippen LogP contribution is 2.43. The molecule has 4 aliphatic rings. The molecule has 4 aromatic rings. The monoisotopic (exact) mass is 828 g/mol. The van der Waals surface area contributed by atoms with Crippen LogP contribution in [-0.4, -0.2) is 91.4 Å². The fourth-order valence-electron chi connectivity index (χ4n) is 10.0. The van der Waals surface area contributed by atoms with E-state index in [9.17, 15) is 23.6 Å². The Morgan fingerprint density at radius 3 is 1.75 bits per heavy atom. The molecule has 0 radical (unpaired) electrons. The number of carbonyl (C=O) groups is 4. The number of halogens is 2. The fraction of sp³-hybridized carbons (Fsp3) is 0.565. The average molecular weight is 829 g/mol. The number of hydrogen-bond acceptors (Lipinski definition) is 6. The van der Waals surface area contributed by atoms with E-state index in [4.69, 9.17) is 9.47 Å². The van der Waals surface area contributed by atoms with Gasteiger partial charge in [-0.25, -0.2) is 18.4 Å². The Hall–Kier alpha value is -5.14. The fourth-order valence-corrected chi connectivity index (χ4v) is 10.0. The number of rotatable bonds is 2. The summed E-state index contributed by atoms with van der Waals surface area (Å²) in [4.78, 5) is 59.3. The first-order valence-electron chi connectivity index (χ1n) is 21.7. The Morgan fingerprint density at radius 2 is 1.17 bits per heavy atom. The predicted molar refractivity (Wildman–Crippen MR) is 224 cm³/mol. The van der Waals surface area contributed by atoms with Crippen LogP contribution in [-0.2, 0) is 45.0 Å². The smallest absolute Gasteiger partial charge is 0.408 e. The Balaban J connectivity index is 1.24. The molecule has 4 aliphatic heterocycles. The van der Waals surface area contributed by atoms with E-state index in [1.54, 1.807) is 59.7 Å². The van der Waals surface area contributed by atoms with Gasteiger partial charge in [0.1, 0.15) is 34.9 Å². The van der Waals surface area contributed by atoms with Crippen LogP contribution in [0.1, 0.15) is 104 Å². The van der Waals surface area contributed by atoms with Gasteiger partial charge in [0.2, 0.25) is 11.8 Å². The van der Waals surface area contributed by atoms with Gasteiger partial charge in [0.15, 0.2) is 0 Å². The molecule has 0 unspecified atom stereocenters. The molecule has 0 aliphatic carbocycles. The zero-order chi connectivity index (χ0) is 42.7. The number of carbonyl (C=O) groups excluding carboxylic acids is 4. The number of benzene rings is 2. The predicted octanol–water partition coefficient (Wildman–Crippen LogP) is 7.98. The summed E-state index contributed by atoms with van der Waals surface area (Å²) in [7, 11) is 0. The van der Waals surface area contributed by atoms with Crippen molar-refractivity contribution in [1.82, 2.24) is 29.6 Å². The number of fused-ring (bicyclic) bond motifs is 6. The maximum absolute atomic E-state index is 15.7. The van der Waals surface area contributed by atoms with E-state index in [0.29, 0.717) is 51.9 Å². The van der Waals surface area contributed by atoms with Crippen molar-refractivity contribution in [1.29, 1.82) is 0 Å². The molecule has 2 aromatic carbocycles. The van der Waals surface area contributed by atoms with Crippen molar-refractivity contribution < 1.29 is 37.4 Å². The molecule has 2 aromatic heterocycles. The largest absolute Gasteiger partial charge is 0.444 e. The van der Waals surface area contributed by atoms with Crippen molar-refractivity contribution in [3.8, 4) is 11.4 Å². The molecule has 12 nitrogen and oxygen atoms in total. The van der Waals surface area contributed by atoms with Crippen molar-refractivity contribution in [3.05, 3.63) is 59.2 Å². The topological polar surface area (TPSA) is 127 Å². The maximum Gasteiger partial charge on any atom is 0.408 e. The SMILES string of the molecule is CC(C)(C)OC(=O)N[C@H]1CCCC[C@H](NC(=O)OC(C)(C)C)C(=O)N2CCC[C@H]2Cc2c3n(c4cc(F)ccc24)CCn2c-3cc3c(cc(F)cc32)C[C@@H]2CCCN2C1=O. The normalized spacial score (nSPS) is 22.9. The molecule has 322 valence electrons. The van der Waals surface area contributed by atoms with E-state index in [1.807, 2.05) is 15.9 Å². The maximum atomic E-state index is 15.7. The lowest BCUT2D eigenvalue weighted by molar-refractivity contribution is -0.135. The molecule has 4 atom stereocenters. The standard InChI is InChI=1S/C46H58F2N6O6/c1-45(2,3)59-43(57)49-35-13-7-8-14-36(50-44(58)60-46(4,5)6)42(56)52-18-10-12-31(52)25-34-32-16-15-28(47)23-37(32)54-20-19-53-38-24-29(48)21-27(33(38)26-39(53)40(34)54)22-30-11-9-17-51(30)41(35)55/h15-16,21,23-24,26,30-31,35-36H,7-14,17-20,22,25H2,1-6H3,(H,49,57)(H,50,58)/t30-,31-,35-,36-/m0/s1. The van der Waals surface area contributed by atoms with Crippen LogP contribution < -0.4 is 10.6 Å². The molecule has 6 heterocycles. The van der Waals surface area contributed by atoms with Gasteiger partial charge in [0.05, 0.1) is 22.4 Å². The summed E-state index contributed by atoms with van der Waals surface area (Å²) < 4.78 is 46.2. The van der Waals surface area contributed by atoms with Crippen LogP contribution in [0.5, 0.6) is 0 Å². The highest BCUT2D eigenvalue weighted by molar-refractivity contribution is 5.97. The van der Waals surface area contributed by atoms with Crippen LogP contribution in [0.3, 0.4) is 0 Å². The minimum absolute atomic E-state index is 0.201. The summed E-state index contributed by atoms with van der Waals surface area (Å²) >= 11 is 0. The van der Waals surface area contributed by atoms with Gasteiger partial charge in [-0.05, 0) is 140 Å². The molecular weight excluding hydrogens is 771 g/mol. The van der Waals surface area contributed by atoms with Gasteiger partial charge in [-0.1, -0.05) is 12.8 Å². The van der Waals surface area contributed by atoms with Gasteiger partial charge in [0.25, 0.3) is 0 Å². The van der Waals surface area contributed by atoms with Crippen molar-refractivity contribution in [2.45, 2.75) is 154 Å². The first-order chi connectivity index (χ1) is 28.4. The van der Waals surface area contributed by atoms with E-state index in [0.717, 1.165) is 70.0 Å². The molecule has 60 heavy (non-hydrogen) atoms. The lowest BCUT2D eigenvalue weighted by Gasteiger charge is -2.31. The zero-order valence-corrected chi connectivity index (χ0v) is 35.7. The minimum Gasteiger partial charge on any atom is -0.444 e. The Labute approximate surface area is 349 Å². The van der Waals surface area contributed by atoms with Crippen LogP contribution in [0, 0.1) is 11.6 Å². The number of hydrogen-bond donors (Lipinski definition) is 2. The molecule has 0 spiro atoms. The summed E-state index contributed by atoms with van der Waals surface area (Å²) in [6.45, 7) is 12.7. The molecule has 2 N–H and O–H groups in total. The van der Waals surface area contributed by atoms with Crippen LogP contribution in [0.4, 0.5) is 18.4 Å². The second-order valence-corrected chi connectivity index (χ2v) is 19.1. The second-order valence-electron chi connectivity index (χ2n) is 19.1. The summed E-state index contributed by atoms with van der Waals surface area (Å²) in [5.74, 6) is -1.15. The molecule has 8 rings (SSSR count). The summed E-state index contributed by atoms with van der Waals surface area (Å²) in [6.07, 6.45) is 4.06. The molecule has 4 amide bonds. The number of ether oxygens (including phenoxy) is 2. The summed E-state index contributed by atoms with van der Waals surface area (Å²) in [5.41, 5.74) is 3.59. The first kappa shape index (κ1) is 41.6. The minimum atomic E-state index is -0.901. The molecular formula is C46H58F2N6O6. The zero-order valence-electron chi connectivity index (χ0n) is 35.7. The highest BCUT2D eigenvalue weighted by Gasteiger charge is 2.39. The van der Waals surface area contributed by atoms with Gasteiger partial charge in [0, 0.05) is 49.0 Å². The molecule has 14 heteroatoms. The second kappa shape index (κ2) is 16.0. The first-order valence-corrected chi connectivity index (χ1v) is 21.7. The van der Waals surface area contributed by atoms with E-state index in [-0.39, 0.29) is 48.4 Å². The number of aryl methyl sites for hydroxylation is 2. The van der Waals surface area contributed by atoms with Crippen LogP contribution >= 0.6 is 0 Å². The lowest BCUT2D eigenvalue weighted by Crippen LogP contribution is -2.52. The third kappa shape index (κ3) is 8.43. The van der Waals surface area contributed by atoms with Gasteiger partial charge < -0.3 is 39.0 Å². The van der Waals surface area contributed by atoms with E-state index in [1.165, 1.54) is 6.07 Å². The molecule has 0 saturated carbocycles. The van der Waals surface area contributed by atoms with Crippen molar-refractivity contribution in [3.63, 3.8) is 0 Å². The quantitative estimate of drug-likeness (QED) is 0.211. The van der Waals surface area contributed by atoms with Crippen molar-refractivity contribution in [2.75, 3.05) is 13.1 Å². The third-order valence-corrected chi connectivity index (χ3v) is 12.4. The average Bonchev–Trinajstić information content (AvgIpc) is 3.95. The molecule has 2 saturated heterocycles. The number of aromatic nitrogens is 2. The summed E-state index contributed by atoms with van der Waals surface area (Å²) in [6, 6.07) is 7.90. The summed E-state index contributed by atoms with van der Waals surface area (Å²) in [5, 5.41) is 7.54. The van der Waals surface area contributed by atoms with Crippen molar-refractivity contribution in [2.24, 2.45) is 0 Å². The number of alkyl carbamates (subject to hydrolysis) is 2. The Kier molecular flexibility index (Phi) is 11.1. The molecule has 2 fully saturated rings. The number of amides is 4. The van der Waals surface area contributed by atoms with Gasteiger partial charge in [-0.2, -0.15) is 0 Å². The third-order valence-electron chi connectivity index (χ3n) is 12.4. The van der Waals surface area contributed by atoms with E-state index >= 15 is 4.39 Å². The Bertz CT molecular complexity index is 2340. The van der Waals surface area contributed by atoms with Crippen molar-refractivity contribution >= 4 is 45.8 Å². The van der Waals surface area contributed by atoms with E-state index < -0.39 is 35.5 Å².